The van der Waals surface area contributed by atoms with E-state index in [0.29, 0.717) is 6.42 Å². The van der Waals surface area contributed by atoms with Gasteiger partial charge in [-0.1, -0.05) is 58.6 Å². The Bertz CT molecular complexity index is 781. The summed E-state index contributed by atoms with van der Waals surface area (Å²) < 4.78 is 8.53. The highest BCUT2D eigenvalue weighted by molar-refractivity contribution is 6.04. The molecule has 0 radical (unpaired) electrons. The lowest BCUT2D eigenvalue weighted by molar-refractivity contribution is -0.204. The summed E-state index contributed by atoms with van der Waals surface area (Å²) in [4.78, 5) is 44.8. The molecule has 1 rings (SSSR count). The zero-order valence-electron chi connectivity index (χ0n) is 21.7. The Labute approximate surface area is 212 Å². The van der Waals surface area contributed by atoms with Gasteiger partial charge >= 0.3 is 24.2 Å². The number of para-hydroxylation sites is 2. The standard InChI is InChI=1S/C12H14N4O6.C12H26O2/c1-21-11(19)15-9(17)13-7-5-3-4-6-8(7)14-10(18)16-12(20)22-2;1-4-7-8-9-10-11(5-2)12(13,14)6-3/h3-6H,1-2H3,(H2,13,15,17,19)(H2,14,16,18,20);11,13-14H,4-10H2,1-3H3. The smallest absolute Gasteiger partial charge is 0.415 e. The molecule has 1 aromatic carbocycles. The molecule has 1 aromatic rings. The molecule has 12 nitrogen and oxygen atoms in total. The number of imide groups is 2. The van der Waals surface area contributed by atoms with Gasteiger partial charge in [-0.25, -0.2) is 29.8 Å². The fourth-order valence-electron chi connectivity index (χ4n) is 3.16. The van der Waals surface area contributed by atoms with Crippen molar-refractivity contribution in [1.29, 1.82) is 0 Å². The van der Waals surface area contributed by atoms with Crippen molar-refractivity contribution in [3.8, 4) is 0 Å². The van der Waals surface area contributed by atoms with Crippen LogP contribution in [-0.2, 0) is 9.47 Å². The van der Waals surface area contributed by atoms with E-state index in [9.17, 15) is 29.4 Å². The molecule has 0 aliphatic heterocycles. The lowest BCUT2D eigenvalue weighted by atomic mass is 9.88. The highest BCUT2D eigenvalue weighted by Crippen LogP contribution is 2.27. The molecule has 0 saturated carbocycles. The van der Waals surface area contributed by atoms with Crippen LogP contribution in [0.15, 0.2) is 24.3 Å². The van der Waals surface area contributed by atoms with Crippen LogP contribution in [0.2, 0.25) is 0 Å². The molecule has 1 atom stereocenters. The first-order chi connectivity index (χ1) is 17.0. The van der Waals surface area contributed by atoms with Gasteiger partial charge in [-0.2, -0.15) is 0 Å². The van der Waals surface area contributed by atoms with Gasteiger partial charge in [0.05, 0.1) is 25.6 Å². The van der Waals surface area contributed by atoms with Crippen LogP contribution in [0, 0.1) is 5.92 Å². The number of alkyl carbamates (subject to hydrolysis) is 2. The van der Waals surface area contributed by atoms with Crippen molar-refractivity contribution in [1.82, 2.24) is 10.6 Å². The summed E-state index contributed by atoms with van der Waals surface area (Å²) in [5.41, 5.74) is 0.396. The number of urea groups is 2. The van der Waals surface area contributed by atoms with Crippen molar-refractivity contribution in [2.45, 2.75) is 71.5 Å². The van der Waals surface area contributed by atoms with E-state index >= 15 is 0 Å². The average Bonchev–Trinajstić information content (AvgIpc) is 2.85. The van der Waals surface area contributed by atoms with E-state index in [2.05, 4.69) is 27.0 Å². The Kier molecular flexibility index (Phi) is 16.3. The third-order valence-corrected chi connectivity index (χ3v) is 5.30. The van der Waals surface area contributed by atoms with Gasteiger partial charge in [0.1, 0.15) is 0 Å². The van der Waals surface area contributed by atoms with Crippen molar-refractivity contribution in [3.63, 3.8) is 0 Å². The minimum absolute atomic E-state index is 0.0457. The second kappa shape index (κ2) is 18.0. The van der Waals surface area contributed by atoms with Gasteiger partial charge in [-0.15, -0.1) is 0 Å². The van der Waals surface area contributed by atoms with Gasteiger partial charge in [-0.3, -0.25) is 0 Å². The summed E-state index contributed by atoms with van der Waals surface area (Å²) in [5.74, 6) is -1.40. The fraction of sp³-hybridized carbons (Fsp3) is 0.583. The Hall–Kier alpha value is -3.38. The first kappa shape index (κ1) is 32.6. The number of anilines is 2. The van der Waals surface area contributed by atoms with Crippen molar-refractivity contribution in [2.75, 3.05) is 24.9 Å². The monoisotopic (exact) mass is 512 g/mol. The maximum absolute atomic E-state index is 11.5. The number of carbonyl (C=O) groups excluding carboxylic acids is 4. The molecule has 6 N–H and O–H groups in total. The van der Waals surface area contributed by atoms with Crippen LogP contribution < -0.4 is 21.3 Å². The molecule has 1 unspecified atom stereocenters. The number of aliphatic hydroxyl groups is 2. The molecule has 0 fully saturated rings. The number of benzene rings is 1. The van der Waals surface area contributed by atoms with Gasteiger partial charge in [-0.05, 0) is 31.4 Å². The lowest BCUT2D eigenvalue weighted by Crippen LogP contribution is -2.36. The highest BCUT2D eigenvalue weighted by Gasteiger charge is 2.30. The minimum atomic E-state index is -1.44. The first-order valence-electron chi connectivity index (χ1n) is 11.9. The quantitative estimate of drug-likeness (QED) is 0.196. The summed E-state index contributed by atoms with van der Waals surface area (Å²) >= 11 is 0. The lowest BCUT2D eigenvalue weighted by Gasteiger charge is -2.29. The third-order valence-electron chi connectivity index (χ3n) is 5.30. The molecule has 0 bridgehead atoms. The van der Waals surface area contributed by atoms with Gasteiger partial charge < -0.3 is 30.3 Å². The predicted molar refractivity (Wildman–Crippen MR) is 136 cm³/mol. The van der Waals surface area contributed by atoms with Crippen molar-refractivity contribution in [2.24, 2.45) is 5.92 Å². The normalized spacial score (nSPS) is 11.2. The number of amides is 6. The predicted octanol–water partition coefficient (Wildman–Crippen LogP) is 4.54. The van der Waals surface area contributed by atoms with Crippen LogP contribution in [0.3, 0.4) is 0 Å². The van der Waals surface area contributed by atoms with E-state index in [1.165, 1.54) is 31.4 Å². The molecule has 204 valence electrons. The van der Waals surface area contributed by atoms with E-state index in [4.69, 9.17) is 0 Å². The first-order valence-corrected chi connectivity index (χ1v) is 11.9. The number of nitrogens with one attached hydrogen (secondary N) is 4. The molecule has 0 aromatic heterocycles. The molecular formula is C24H40N4O8. The molecule has 6 amide bonds. The number of methoxy groups -OCH3 is 2. The highest BCUT2D eigenvalue weighted by atomic mass is 16.5. The fourth-order valence-corrected chi connectivity index (χ4v) is 3.16. The van der Waals surface area contributed by atoms with E-state index < -0.39 is 30.0 Å². The molecule has 0 saturated heterocycles. The average molecular weight is 513 g/mol. The zero-order valence-corrected chi connectivity index (χ0v) is 21.7. The Morgan fingerprint density at radius 1 is 0.833 bits per heavy atom. The van der Waals surface area contributed by atoms with E-state index in [-0.39, 0.29) is 17.3 Å². The summed E-state index contributed by atoms with van der Waals surface area (Å²) in [6, 6.07) is 4.44. The van der Waals surface area contributed by atoms with E-state index in [0.717, 1.165) is 33.5 Å². The number of hydrogen-bond acceptors (Lipinski definition) is 8. The summed E-state index contributed by atoms with van der Waals surface area (Å²) in [6.45, 7) is 6.04. The van der Waals surface area contributed by atoms with Gasteiger partial charge in [0.15, 0.2) is 5.79 Å². The molecule has 12 heteroatoms. The van der Waals surface area contributed by atoms with Crippen LogP contribution in [0.25, 0.3) is 0 Å². The van der Waals surface area contributed by atoms with Gasteiger partial charge in [0, 0.05) is 5.92 Å². The number of ether oxygens (including phenoxy) is 2. The summed E-state index contributed by atoms with van der Waals surface area (Å²) in [6.07, 6.45) is 5.17. The van der Waals surface area contributed by atoms with Crippen molar-refractivity contribution in [3.05, 3.63) is 24.3 Å². The van der Waals surface area contributed by atoms with Crippen LogP contribution in [0.1, 0.15) is 65.7 Å². The second-order valence-electron chi connectivity index (χ2n) is 7.87. The Morgan fingerprint density at radius 3 is 1.67 bits per heavy atom. The molecule has 0 aliphatic carbocycles. The van der Waals surface area contributed by atoms with Crippen molar-refractivity contribution >= 4 is 35.6 Å². The van der Waals surface area contributed by atoms with E-state index in [1.54, 1.807) is 12.1 Å². The van der Waals surface area contributed by atoms with Crippen LogP contribution in [-0.4, -0.2) is 54.5 Å². The number of unbranched alkanes of at least 4 members (excludes halogenated alkanes) is 3. The number of hydrogen-bond donors (Lipinski definition) is 6. The van der Waals surface area contributed by atoms with Gasteiger partial charge in [0.2, 0.25) is 0 Å². The molecule has 36 heavy (non-hydrogen) atoms. The van der Waals surface area contributed by atoms with Gasteiger partial charge in [0.25, 0.3) is 0 Å². The topological polar surface area (TPSA) is 175 Å². The SMILES string of the molecule is CCCCCCC(CC)C(O)(O)CC.COC(=O)NC(=O)Nc1ccccc1NC(=O)NC(=O)OC. The van der Waals surface area contributed by atoms with Crippen molar-refractivity contribution < 1.29 is 38.9 Å². The molecule has 0 spiro atoms. The zero-order chi connectivity index (χ0) is 27.6. The van der Waals surface area contributed by atoms with Crippen LogP contribution in [0.4, 0.5) is 30.6 Å². The maximum Gasteiger partial charge on any atom is 0.415 e. The molecule has 0 aliphatic rings. The summed E-state index contributed by atoms with van der Waals surface area (Å²) in [5, 5.41) is 27.8. The largest absolute Gasteiger partial charge is 0.453 e. The second-order valence-corrected chi connectivity index (χ2v) is 7.87. The molecular weight excluding hydrogens is 472 g/mol. The number of carbonyl (C=O) groups is 4. The van der Waals surface area contributed by atoms with Crippen LogP contribution >= 0.6 is 0 Å². The summed E-state index contributed by atoms with van der Waals surface area (Å²) in [7, 11) is 2.21. The Balaban J connectivity index is 0.000000757. The Morgan fingerprint density at radius 2 is 1.31 bits per heavy atom. The van der Waals surface area contributed by atoms with Crippen LogP contribution in [0.5, 0.6) is 0 Å². The van der Waals surface area contributed by atoms with E-state index in [1.807, 2.05) is 24.5 Å². The minimum Gasteiger partial charge on any atom is -0.453 e. The number of rotatable bonds is 10. The maximum atomic E-state index is 11.5. The molecule has 0 heterocycles. The third kappa shape index (κ3) is 13.5.